The topological polar surface area (TPSA) is 64.1 Å². The van der Waals surface area contributed by atoms with Crippen LogP contribution in [0.25, 0.3) is 0 Å². The zero-order chi connectivity index (χ0) is 16.9. The van der Waals surface area contributed by atoms with Gasteiger partial charge in [-0.1, -0.05) is 18.2 Å². The Hall–Kier alpha value is -2.50. The van der Waals surface area contributed by atoms with Crippen LogP contribution in [0.1, 0.15) is 41.6 Å². The second-order valence-corrected chi connectivity index (χ2v) is 6.06. The quantitative estimate of drug-likeness (QED) is 0.936. The molecule has 1 aromatic carbocycles. The Balaban J connectivity index is 1.49. The minimum atomic E-state index is -0.482. The van der Waals surface area contributed by atoms with Crippen LogP contribution in [-0.4, -0.2) is 28.0 Å². The van der Waals surface area contributed by atoms with E-state index in [1.54, 1.807) is 0 Å². The van der Waals surface area contributed by atoms with Crippen molar-refractivity contribution in [3.63, 3.8) is 0 Å². The van der Waals surface area contributed by atoms with Gasteiger partial charge in [0.05, 0.1) is 12.4 Å². The smallest absolute Gasteiger partial charge is 0.316 e. The third kappa shape index (κ3) is 4.07. The lowest BCUT2D eigenvalue weighted by atomic mass is 9.92. The lowest BCUT2D eigenvalue weighted by Gasteiger charge is -2.29. The highest BCUT2D eigenvalue weighted by Crippen LogP contribution is 2.22. The van der Waals surface area contributed by atoms with Crippen molar-refractivity contribution in [2.45, 2.75) is 44.8 Å². The van der Waals surface area contributed by atoms with Gasteiger partial charge in [0, 0.05) is 11.6 Å². The number of halogens is 1. The predicted octanol–water partition coefficient (Wildman–Crippen LogP) is 3.04. The molecule has 1 aliphatic rings. The van der Waals surface area contributed by atoms with Gasteiger partial charge in [-0.2, -0.15) is 0 Å². The lowest BCUT2D eigenvalue weighted by Crippen LogP contribution is -2.40. The van der Waals surface area contributed by atoms with Crippen LogP contribution < -0.4 is 10.1 Å². The number of carbonyl (C=O) groups excluding carboxylic acids is 1. The number of nitrogens with one attached hydrogen (secondary N) is 1. The van der Waals surface area contributed by atoms with E-state index < -0.39 is 5.82 Å². The number of benzene rings is 1. The van der Waals surface area contributed by atoms with Crippen molar-refractivity contribution in [3.8, 4) is 6.01 Å². The third-order valence-electron chi connectivity index (χ3n) is 4.27. The molecule has 0 unspecified atom stereocenters. The van der Waals surface area contributed by atoms with E-state index in [2.05, 4.69) is 15.3 Å². The first-order valence-electron chi connectivity index (χ1n) is 8.12. The lowest BCUT2D eigenvalue weighted by molar-refractivity contribution is 0.0884. The molecule has 0 atom stereocenters. The van der Waals surface area contributed by atoms with Gasteiger partial charge in [-0.25, -0.2) is 14.4 Å². The number of aromatic nitrogens is 2. The van der Waals surface area contributed by atoms with Gasteiger partial charge >= 0.3 is 6.01 Å². The van der Waals surface area contributed by atoms with Crippen LogP contribution in [0.15, 0.2) is 36.7 Å². The van der Waals surface area contributed by atoms with Gasteiger partial charge in [0.2, 0.25) is 0 Å². The summed E-state index contributed by atoms with van der Waals surface area (Å²) in [5, 5.41) is 3.09. The van der Waals surface area contributed by atoms with Crippen LogP contribution in [0.3, 0.4) is 0 Å². The molecule has 0 saturated heterocycles. The molecule has 1 saturated carbocycles. The largest absolute Gasteiger partial charge is 0.460 e. The van der Waals surface area contributed by atoms with Gasteiger partial charge in [0.15, 0.2) is 5.82 Å². The van der Waals surface area contributed by atoms with Crippen molar-refractivity contribution in [1.82, 2.24) is 15.3 Å². The maximum absolute atomic E-state index is 12.8. The number of hydrogen-bond donors (Lipinski definition) is 1. The third-order valence-corrected chi connectivity index (χ3v) is 4.27. The van der Waals surface area contributed by atoms with E-state index in [-0.39, 0.29) is 24.1 Å². The van der Waals surface area contributed by atoms with Crippen LogP contribution >= 0.6 is 0 Å². The number of ether oxygens (including phenoxy) is 1. The molecular weight excluding hydrogens is 309 g/mol. The Bertz CT molecular complexity index is 698. The normalized spacial score (nSPS) is 20.4. The molecule has 0 spiro atoms. The number of amides is 1. The first kappa shape index (κ1) is 16.4. The van der Waals surface area contributed by atoms with Crippen LogP contribution in [0.4, 0.5) is 4.39 Å². The number of carbonyl (C=O) groups is 1. The number of hydrogen-bond acceptors (Lipinski definition) is 4. The zero-order valence-electron chi connectivity index (χ0n) is 13.5. The van der Waals surface area contributed by atoms with Crippen LogP contribution in [0.5, 0.6) is 6.01 Å². The van der Waals surface area contributed by atoms with E-state index >= 15 is 0 Å². The fourth-order valence-electron chi connectivity index (χ4n) is 2.93. The maximum Gasteiger partial charge on any atom is 0.316 e. The zero-order valence-corrected chi connectivity index (χ0v) is 13.5. The summed E-state index contributed by atoms with van der Waals surface area (Å²) in [5.41, 5.74) is 1.69. The molecule has 1 aliphatic carbocycles. The number of nitrogens with zero attached hydrogens (tertiary/aromatic N) is 2. The van der Waals surface area contributed by atoms with Gasteiger partial charge in [0.25, 0.3) is 5.91 Å². The molecule has 3 rings (SSSR count). The molecule has 2 aromatic rings. The Kier molecular flexibility index (Phi) is 5.03. The average molecular weight is 329 g/mol. The second kappa shape index (κ2) is 7.38. The highest BCUT2D eigenvalue weighted by atomic mass is 19.1. The summed E-state index contributed by atoms with van der Waals surface area (Å²) < 4.78 is 18.5. The van der Waals surface area contributed by atoms with Gasteiger partial charge < -0.3 is 10.1 Å². The Morgan fingerprint density at radius 2 is 1.83 bits per heavy atom. The standard InChI is InChI=1S/C18H20FN3O2/c1-12-4-2-3-5-16(12)17(23)22-14-6-8-15(9-7-14)24-18-20-10-13(19)11-21-18/h2-5,10-11,14-15H,6-9H2,1H3,(H,22,23). The second-order valence-electron chi connectivity index (χ2n) is 6.06. The van der Waals surface area contributed by atoms with Gasteiger partial charge in [-0.3, -0.25) is 4.79 Å². The minimum absolute atomic E-state index is 0.00192. The molecule has 1 fully saturated rings. The molecule has 0 bridgehead atoms. The van der Waals surface area contributed by atoms with Gasteiger partial charge in [-0.15, -0.1) is 0 Å². The number of aryl methyl sites for hydroxylation is 1. The molecule has 1 aromatic heterocycles. The molecule has 0 radical (unpaired) electrons. The summed E-state index contributed by atoms with van der Waals surface area (Å²) in [6, 6.07) is 7.91. The summed E-state index contributed by atoms with van der Waals surface area (Å²) in [7, 11) is 0. The summed E-state index contributed by atoms with van der Waals surface area (Å²) in [6.07, 6.45) is 5.47. The first-order chi connectivity index (χ1) is 11.6. The van der Waals surface area contributed by atoms with Crippen molar-refractivity contribution in [3.05, 3.63) is 53.6 Å². The van der Waals surface area contributed by atoms with Crippen LogP contribution in [0, 0.1) is 12.7 Å². The summed E-state index contributed by atoms with van der Waals surface area (Å²) in [6.45, 7) is 1.93. The van der Waals surface area contributed by atoms with Gasteiger partial charge in [-0.05, 0) is 44.2 Å². The fourth-order valence-corrected chi connectivity index (χ4v) is 2.93. The summed E-state index contributed by atoms with van der Waals surface area (Å²) >= 11 is 0. The SMILES string of the molecule is Cc1ccccc1C(=O)NC1CCC(Oc2ncc(F)cn2)CC1. The molecule has 6 heteroatoms. The Morgan fingerprint density at radius 3 is 2.50 bits per heavy atom. The van der Waals surface area contributed by atoms with Crippen LogP contribution in [0.2, 0.25) is 0 Å². The average Bonchev–Trinajstić information content (AvgIpc) is 2.59. The number of rotatable bonds is 4. The Labute approximate surface area is 140 Å². The van der Waals surface area contributed by atoms with E-state index in [1.165, 1.54) is 0 Å². The molecule has 1 N–H and O–H groups in total. The van der Waals surface area contributed by atoms with Crippen molar-refractivity contribution >= 4 is 5.91 Å². The highest BCUT2D eigenvalue weighted by Gasteiger charge is 2.24. The van der Waals surface area contributed by atoms with Crippen molar-refractivity contribution in [2.24, 2.45) is 0 Å². The summed E-state index contributed by atoms with van der Waals surface area (Å²) in [4.78, 5) is 20.0. The molecule has 1 amide bonds. The molecule has 126 valence electrons. The predicted molar refractivity (Wildman–Crippen MR) is 87.3 cm³/mol. The molecule has 5 nitrogen and oxygen atoms in total. The first-order valence-corrected chi connectivity index (χ1v) is 8.12. The molecule has 0 aliphatic heterocycles. The maximum atomic E-state index is 12.8. The van der Waals surface area contributed by atoms with Crippen LogP contribution in [-0.2, 0) is 0 Å². The van der Waals surface area contributed by atoms with Gasteiger partial charge in [0.1, 0.15) is 6.10 Å². The van der Waals surface area contributed by atoms with E-state index in [9.17, 15) is 9.18 Å². The van der Waals surface area contributed by atoms with E-state index in [4.69, 9.17) is 4.74 Å². The monoisotopic (exact) mass is 329 g/mol. The molecule has 1 heterocycles. The van der Waals surface area contributed by atoms with E-state index in [0.29, 0.717) is 0 Å². The van der Waals surface area contributed by atoms with Crippen molar-refractivity contribution in [1.29, 1.82) is 0 Å². The fraction of sp³-hybridized carbons (Fsp3) is 0.389. The molecular formula is C18H20FN3O2. The van der Waals surface area contributed by atoms with Crippen molar-refractivity contribution in [2.75, 3.05) is 0 Å². The summed E-state index contributed by atoms with van der Waals surface area (Å²) in [5.74, 6) is -0.510. The molecule has 24 heavy (non-hydrogen) atoms. The van der Waals surface area contributed by atoms with E-state index in [0.717, 1.165) is 49.2 Å². The minimum Gasteiger partial charge on any atom is -0.460 e. The van der Waals surface area contributed by atoms with E-state index in [1.807, 2.05) is 31.2 Å². The Morgan fingerprint density at radius 1 is 1.17 bits per heavy atom. The highest BCUT2D eigenvalue weighted by molar-refractivity contribution is 5.95. The van der Waals surface area contributed by atoms with Crippen molar-refractivity contribution < 1.29 is 13.9 Å².